The molecule has 0 aromatic heterocycles. The highest BCUT2D eigenvalue weighted by molar-refractivity contribution is 6.34. The van der Waals surface area contributed by atoms with Crippen LogP contribution in [0.5, 0.6) is 0 Å². The number of aromatic carboxylic acids is 1. The molecule has 0 bridgehead atoms. The minimum absolute atomic E-state index is 0.0775. The van der Waals surface area contributed by atoms with E-state index in [0.717, 1.165) is 6.42 Å². The lowest BCUT2D eigenvalue weighted by Crippen LogP contribution is -2.31. The number of hydrogen-bond donors (Lipinski definition) is 3. The first kappa shape index (κ1) is 16.3. The molecule has 0 saturated heterocycles. The summed E-state index contributed by atoms with van der Waals surface area (Å²) in [5.74, 6) is -1.06. The second kappa shape index (κ2) is 6.61. The Hall–Kier alpha value is -1.75. The summed E-state index contributed by atoms with van der Waals surface area (Å²) in [6, 6.07) is 3.79. The fraction of sp³-hybridized carbons (Fsp3) is 0.429. The fourth-order valence-electron chi connectivity index (χ4n) is 1.47. The molecular formula is C14H19ClN2O3. The van der Waals surface area contributed by atoms with Gasteiger partial charge in [-0.05, 0) is 30.0 Å². The van der Waals surface area contributed by atoms with E-state index in [2.05, 4.69) is 31.4 Å². The number of carboxylic acid groups (broad SMARTS) is 1. The Bertz CT molecular complexity index is 510. The first-order valence-electron chi connectivity index (χ1n) is 6.27. The summed E-state index contributed by atoms with van der Waals surface area (Å²) in [5.41, 5.74) is 0.604. The molecule has 0 aliphatic carbocycles. The van der Waals surface area contributed by atoms with Crippen molar-refractivity contribution < 1.29 is 14.7 Å². The number of benzene rings is 1. The Morgan fingerprint density at radius 2 is 1.95 bits per heavy atom. The standard InChI is InChI=1S/C14H19ClN2O3/c1-14(2,3)6-7-16-13(20)17-11-5-4-9(12(18)19)8-10(11)15/h4-5,8H,6-7H2,1-3H3,(H,18,19)(H2,16,17,20). The van der Waals surface area contributed by atoms with E-state index in [9.17, 15) is 9.59 Å². The van der Waals surface area contributed by atoms with Gasteiger partial charge in [-0.25, -0.2) is 9.59 Å². The maximum absolute atomic E-state index is 11.7. The van der Waals surface area contributed by atoms with Crippen molar-refractivity contribution in [3.63, 3.8) is 0 Å². The van der Waals surface area contributed by atoms with Crippen molar-refractivity contribution in [3.05, 3.63) is 28.8 Å². The first-order valence-corrected chi connectivity index (χ1v) is 6.64. The van der Waals surface area contributed by atoms with Crippen LogP contribution >= 0.6 is 11.6 Å². The monoisotopic (exact) mass is 298 g/mol. The van der Waals surface area contributed by atoms with E-state index < -0.39 is 5.97 Å². The SMILES string of the molecule is CC(C)(C)CCNC(=O)Nc1ccc(C(=O)O)cc1Cl. The normalized spacial score (nSPS) is 11.0. The van der Waals surface area contributed by atoms with Crippen LogP contribution in [-0.4, -0.2) is 23.7 Å². The molecule has 0 atom stereocenters. The number of anilines is 1. The third-order valence-electron chi connectivity index (χ3n) is 2.62. The quantitative estimate of drug-likeness (QED) is 0.794. The van der Waals surface area contributed by atoms with E-state index >= 15 is 0 Å². The maximum atomic E-state index is 11.7. The second-order valence-corrected chi connectivity index (χ2v) is 6.10. The first-order chi connectivity index (χ1) is 9.19. The molecule has 0 fully saturated rings. The fourth-order valence-corrected chi connectivity index (χ4v) is 1.69. The van der Waals surface area contributed by atoms with Crippen LogP contribution in [0, 0.1) is 5.41 Å². The summed E-state index contributed by atoms with van der Waals surface area (Å²) < 4.78 is 0. The molecule has 3 N–H and O–H groups in total. The molecule has 20 heavy (non-hydrogen) atoms. The van der Waals surface area contributed by atoms with Gasteiger partial charge in [-0.15, -0.1) is 0 Å². The Balaban J connectivity index is 2.56. The molecule has 0 aliphatic heterocycles. The minimum Gasteiger partial charge on any atom is -0.478 e. The molecule has 0 heterocycles. The van der Waals surface area contributed by atoms with E-state index in [4.69, 9.17) is 16.7 Å². The number of carbonyl (C=O) groups is 2. The van der Waals surface area contributed by atoms with Crippen molar-refractivity contribution >= 4 is 29.3 Å². The number of carbonyl (C=O) groups excluding carboxylic acids is 1. The maximum Gasteiger partial charge on any atom is 0.335 e. The molecule has 110 valence electrons. The zero-order valence-electron chi connectivity index (χ0n) is 11.8. The van der Waals surface area contributed by atoms with Crippen LogP contribution in [0.1, 0.15) is 37.6 Å². The lowest BCUT2D eigenvalue weighted by atomic mass is 9.92. The average molecular weight is 299 g/mol. The number of carboxylic acids is 1. The molecule has 0 radical (unpaired) electrons. The molecule has 0 unspecified atom stereocenters. The van der Waals surface area contributed by atoms with Gasteiger partial charge in [-0.1, -0.05) is 32.4 Å². The van der Waals surface area contributed by atoms with Crippen LogP contribution in [-0.2, 0) is 0 Å². The van der Waals surface area contributed by atoms with Gasteiger partial charge in [-0.3, -0.25) is 0 Å². The van der Waals surface area contributed by atoms with Crippen LogP contribution in [0.15, 0.2) is 18.2 Å². The van der Waals surface area contributed by atoms with E-state index in [-0.39, 0.29) is 22.0 Å². The zero-order chi connectivity index (χ0) is 15.3. The minimum atomic E-state index is -1.06. The molecule has 0 spiro atoms. The van der Waals surface area contributed by atoms with Crippen molar-refractivity contribution in [1.82, 2.24) is 5.32 Å². The zero-order valence-corrected chi connectivity index (χ0v) is 12.5. The molecule has 1 aromatic carbocycles. The molecule has 0 aliphatic rings. The van der Waals surface area contributed by atoms with E-state index in [1.165, 1.54) is 18.2 Å². The summed E-state index contributed by atoms with van der Waals surface area (Å²) in [6.07, 6.45) is 0.853. The number of amides is 2. The average Bonchev–Trinajstić information content (AvgIpc) is 2.29. The van der Waals surface area contributed by atoms with Crippen LogP contribution in [0.4, 0.5) is 10.5 Å². The summed E-state index contributed by atoms with van der Waals surface area (Å²) in [7, 11) is 0. The topological polar surface area (TPSA) is 78.4 Å². The molecule has 6 heteroatoms. The van der Waals surface area contributed by atoms with Crippen molar-refractivity contribution in [2.75, 3.05) is 11.9 Å². The van der Waals surface area contributed by atoms with Gasteiger partial charge in [0.15, 0.2) is 0 Å². The number of hydrogen-bond acceptors (Lipinski definition) is 2. The number of urea groups is 1. The number of rotatable bonds is 4. The summed E-state index contributed by atoms with van der Waals surface area (Å²) >= 11 is 5.92. The van der Waals surface area contributed by atoms with Gasteiger partial charge >= 0.3 is 12.0 Å². The summed E-state index contributed by atoms with van der Waals surface area (Å²) in [6.45, 7) is 6.83. The Kier molecular flexibility index (Phi) is 5.39. The Morgan fingerprint density at radius 1 is 1.30 bits per heavy atom. The molecule has 5 nitrogen and oxygen atoms in total. The predicted octanol–water partition coefficient (Wildman–Crippen LogP) is 3.60. The third-order valence-corrected chi connectivity index (χ3v) is 2.94. The van der Waals surface area contributed by atoms with Crippen LogP contribution in [0.2, 0.25) is 5.02 Å². The summed E-state index contributed by atoms with van der Waals surface area (Å²) in [5, 5.41) is 14.3. The van der Waals surface area contributed by atoms with Gasteiger partial charge in [0.2, 0.25) is 0 Å². The van der Waals surface area contributed by atoms with Crippen LogP contribution in [0.3, 0.4) is 0 Å². The Morgan fingerprint density at radius 3 is 2.45 bits per heavy atom. The van der Waals surface area contributed by atoms with Crippen molar-refractivity contribution in [1.29, 1.82) is 0 Å². The van der Waals surface area contributed by atoms with Crippen molar-refractivity contribution in [3.8, 4) is 0 Å². The van der Waals surface area contributed by atoms with E-state index in [1.807, 2.05) is 0 Å². The van der Waals surface area contributed by atoms with Crippen molar-refractivity contribution in [2.45, 2.75) is 27.2 Å². The third kappa shape index (κ3) is 5.48. The highest BCUT2D eigenvalue weighted by atomic mass is 35.5. The predicted molar refractivity (Wildman–Crippen MR) is 79.5 cm³/mol. The van der Waals surface area contributed by atoms with Gasteiger partial charge in [0.05, 0.1) is 16.3 Å². The number of halogens is 1. The van der Waals surface area contributed by atoms with Gasteiger partial charge in [0.1, 0.15) is 0 Å². The van der Waals surface area contributed by atoms with Crippen molar-refractivity contribution in [2.24, 2.45) is 5.41 Å². The van der Waals surface area contributed by atoms with E-state index in [0.29, 0.717) is 12.2 Å². The molecule has 1 rings (SSSR count). The highest BCUT2D eigenvalue weighted by Crippen LogP contribution is 2.23. The molecule has 0 saturated carbocycles. The largest absolute Gasteiger partial charge is 0.478 e. The molecule has 2 amide bonds. The van der Waals surface area contributed by atoms with Gasteiger partial charge in [0.25, 0.3) is 0 Å². The lowest BCUT2D eigenvalue weighted by Gasteiger charge is -2.18. The van der Waals surface area contributed by atoms with Gasteiger partial charge < -0.3 is 15.7 Å². The second-order valence-electron chi connectivity index (χ2n) is 5.69. The number of nitrogens with one attached hydrogen (secondary N) is 2. The Labute approximate surface area is 123 Å². The molecular weight excluding hydrogens is 280 g/mol. The van der Waals surface area contributed by atoms with Crippen LogP contribution in [0.25, 0.3) is 0 Å². The van der Waals surface area contributed by atoms with Crippen LogP contribution < -0.4 is 10.6 Å². The van der Waals surface area contributed by atoms with E-state index in [1.54, 1.807) is 0 Å². The van der Waals surface area contributed by atoms with Gasteiger partial charge in [-0.2, -0.15) is 0 Å². The van der Waals surface area contributed by atoms with Gasteiger partial charge in [0, 0.05) is 6.54 Å². The summed E-state index contributed by atoms with van der Waals surface area (Å²) in [4.78, 5) is 22.4. The lowest BCUT2D eigenvalue weighted by molar-refractivity contribution is 0.0697. The highest BCUT2D eigenvalue weighted by Gasteiger charge is 2.12. The smallest absolute Gasteiger partial charge is 0.335 e. The molecule has 1 aromatic rings.